The SMILES string of the molecule is O=c1nc(Nc2cccc(C(F)(F)F)c2)n(Cc2ccccc2)c(=O)n1Cc1ccc(Cl)cc1. The van der Waals surface area contributed by atoms with Crippen LogP contribution in [-0.2, 0) is 19.3 Å². The van der Waals surface area contributed by atoms with Crippen molar-refractivity contribution in [3.8, 4) is 0 Å². The molecule has 1 heterocycles. The van der Waals surface area contributed by atoms with Crippen LogP contribution in [0.15, 0.2) is 88.5 Å². The average molecular weight is 487 g/mol. The van der Waals surface area contributed by atoms with Gasteiger partial charge in [0.2, 0.25) is 5.95 Å². The minimum absolute atomic E-state index is 0.0402. The summed E-state index contributed by atoms with van der Waals surface area (Å²) in [5.41, 5.74) is -0.915. The van der Waals surface area contributed by atoms with Gasteiger partial charge in [0.25, 0.3) is 0 Å². The Hall–Kier alpha value is -3.85. The highest BCUT2D eigenvalue weighted by Gasteiger charge is 2.30. The summed E-state index contributed by atoms with van der Waals surface area (Å²) in [7, 11) is 0. The van der Waals surface area contributed by atoms with E-state index in [1.807, 2.05) is 6.07 Å². The van der Waals surface area contributed by atoms with Gasteiger partial charge in [-0.2, -0.15) is 18.2 Å². The molecule has 1 aromatic heterocycles. The van der Waals surface area contributed by atoms with Gasteiger partial charge in [-0.3, -0.25) is 4.57 Å². The van der Waals surface area contributed by atoms with Crippen molar-refractivity contribution >= 4 is 23.2 Å². The largest absolute Gasteiger partial charge is 0.416 e. The smallest absolute Gasteiger partial charge is 0.325 e. The van der Waals surface area contributed by atoms with E-state index in [2.05, 4.69) is 10.3 Å². The second-order valence-corrected chi connectivity index (χ2v) is 7.92. The van der Waals surface area contributed by atoms with Crippen molar-refractivity contribution in [2.24, 2.45) is 0 Å². The molecule has 4 aromatic rings. The number of halogens is 4. The molecule has 6 nitrogen and oxygen atoms in total. The Morgan fingerprint density at radius 1 is 0.824 bits per heavy atom. The van der Waals surface area contributed by atoms with Crippen LogP contribution in [0.4, 0.5) is 24.8 Å². The predicted octanol–water partition coefficient (Wildman–Crippen LogP) is 4.92. The number of hydrogen-bond acceptors (Lipinski definition) is 4. The maximum absolute atomic E-state index is 13.3. The number of alkyl halides is 3. The Bertz CT molecular complexity index is 1420. The first-order valence-corrected chi connectivity index (χ1v) is 10.5. The van der Waals surface area contributed by atoms with Crippen molar-refractivity contribution in [2.45, 2.75) is 19.3 Å². The van der Waals surface area contributed by atoms with Crippen LogP contribution in [0.25, 0.3) is 0 Å². The molecule has 34 heavy (non-hydrogen) atoms. The highest BCUT2D eigenvalue weighted by atomic mass is 35.5. The van der Waals surface area contributed by atoms with Gasteiger partial charge < -0.3 is 5.32 Å². The van der Waals surface area contributed by atoms with E-state index in [4.69, 9.17) is 11.6 Å². The van der Waals surface area contributed by atoms with E-state index < -0.39 is 23.1 Å². The van der Waals surface area contributed by atoms with Gasteiger partial charge in [0, 0.05) is 10.7 Å². The lowest BCUT2D eigenvalue weighted by Crippen LogP contribution is -2.43. The van der Waals surface area contributed by atoms with E-state index in [0.29, 0.717) is 10.6 Å². The molecule has 0 radical (unpaired) electrons. The Balaban J connectivity index is 1.78. The van der Waals surface area contributed by atoms with Crippen molar-refractivity contribution in [1.82, 2.24) is 14.1 Å². The Kier molecular flexibility index (Phi) is 6.56. The van der Waals surface area contributed by atoms with Crippen LogP contribution in [0, 0.1) is 0 Å². The zero-order valence-electron chi connectivity index (χ0n) is 17.6. The summed E-state index contributed by atoms with van der Waals surface area (Å²) in [6, 6.07) is 20.1. The van der Waals surface area contributed by atoms with E-state index in [0.717, 1.165) is 22.3 Å². The van der Waals surface area contributed by atoms with Gasteiger partial charge >= 0.3 is 17.6 Å². The van der Waals surface area contributed by atoms with E-state index in [1.54, 1.807) is 48.5 Å². The summed E-state index contributed by atoms with van der Waals surface area (Å²) >= 11 is 5.90. The van der Waals surface area contributed by atoms with Gasteiger partial charge in [0.15, 0.2) is 0 Å². The third kappa shape index (κ3) is 5.37. The molecule has 0 aliphatic carbocycles. The first kappa shape index (κ1) is 23.3. The topological polar surface area (TPSA) is 68.9 Å². The summed E-state index contributed by atoms with van der Waals surface area (Å²) in [6.07, 6.45) is -4.54. The Morgan fingerprint density at radius 2 is 1.47 bits per heavy atom. The zero-order valence-corrected chi connectivity index (χ0v) is 18.3. The lowest BCUT2D eigenvalue weighted by atomic mass is 10.2. The van der Waals surface area contributed by atoms with Crippen molar-refractivity contribution < 1.29 is 13.2 Å². The molecular weight excluding hydrogens is 469 g/mol. The molecule has 0 unspecified atom stereocenters. The minimum atomic E-state index is -4.54. The van der Waals surface area contributed by atoms with Gasteiger partial charge in [0.05, 0.1) is 18.7 Å². The lowest BCUT2D eigenvalue weighted by molar-refractivity contribution is -0.137. The maximum Gasteiger partial charge on any atom is 0.416 e. The van der Waals surface area contributed by atoms with Gasteiger partial charge in [-0.05, 0) is 41.5 Å². The van der Waals surface area contributed by atoms with E-state index in [-0.39, 0.29) is 24.7 Å². The first-order chi connectivity index (χ1) is 16.2. The molecule has 174 valence electrons. The quantitative estimate of drug-likeness (QED) is 0.420. The minimum Gasteiger partial charge on any atom is -0.325 e. The van der Waals surface area contributed by atoms with Gasteiger partial charge in [-0.1, -0.05) is 60.1 Å². The van der Waals surface area contributed by atoms with Gasteiger partial charge in [-0.25, -0.2) is 14.2 Å². The first-order valence-electron chi connectivity index (χ1n) is 10.1. The molecule has 0 fully saturated rings. The van der Waals surface area contributed by atoms with E-state index in [9.17, 15) is 22.8 Å². The molecule has 10 heteroatoms. The number of hydrogen-bond donors (Lipinski definition) is 1. The number of aromatic nitrogens is 3. The standard InChI is InChI=1S/C24H18ClF3N4O2/c25-19-11-9-17(10-12-19)15-32-22(33)30-21(29-20-8-4-7-18(13-20)24(26,27)28)31(23(32)34)14-16-5-2-1-3-6-16/h1-13H,14-15H2,(H,29,30,33). The summed E-state index contributed by atoms with van der Waals surface area (Å²) < 4.78 is 41.6. The molecule has 1 N–H and O–H groups in total. The molecule has 0 aliphatic heterocycles. The van der Waals surface area contributed by atoms with Crippen molar-refractivity contribution in [2.75, 3.05) is 5.32 Å². The number of nitrogens with zero attached hydrogens (tertiary/aromatic N) is 3. The van der Waals surface area contributed by atoms with Crippen LogP contribution in [-0.4, -0.2) is 14.1 Å². The molecule has 0 spiro atoms. The molecule has 0 saturated carbocycles. The Morgan fingerprint density at radius 3 is 2.15 bits per heavy atom. The van der Waals surface area contributed by atoms with Crippen molar-refractivity contribution in [1.29, 1.82) is 0 Å². The molecule has 4 rings (SSSR count). The normalized spacial score (nSPS) is 11.4. The van der Waals surface area contributed by atoms with Gasteiger partial charge in [-0.15, -0.1) is 0 Å². The second kappa shape index (κ2) is 9.56. The number of anilines is 2. The van der Waals surface area contributed by atoms with Gasteiger partial charge in [0.1, 0.15) is 0 Å². The number of nitrogens with one attached hydrogen (secondary N) is 1. The van der Waals surface area contributed by atoms with Crippen LogP contribution in [0.5, 0.6) is 0 Å². The van der Waals surface area contributed by atoms with Crippen LogP contribution < -0.4 is 16.7 Å². The second-order valence-electron chi connectivity index (χ2n) is 7.49. The summed E-state index contributed by atoms with van der Waals surface area (Å²) in [4.78, 5) is 30.1. The average Bonchev–Trinajstić information content (AvgIpc) is 2.81. The number of rotatable bonds is 6. The number of benzene rings is 3. The summed E-state index contributed by atoms with van der Waals surface area (Å²) in [5, 5.41) is 3.22. The highest BCUT2D eigenvalue weighted by Crippen LogP contribution is 2.31. The molecule has 0 atom stereocenters. The van der Waals surface area contributed by atoms with Crippen LogP contribution in [0.3, 0.4) is 0 Å². The fourth-order valence-electron chi connectivity index (χ4n) is 3.34. The predicted molar refractivity (Wildman–Crippen MR) is 124 cm³/mol. The molecule has 0 aliphatic rings. The molecule has 0 saturated heterocycles. The zero-order chi connectivity index (χ0) is 24.3. The fourth-order valence-corrected chi connectivity index (χ4v) is 3.47. The van der Waals surface area contributed by atoms with E-state index in [1.165, 1.54) is 16.7 Å². The highest BCUT2D eigenvalue weighted by molar-refractivity contribution is 6.30. The molecule has 0 amide bonds. The van der Waals surface area contributed by atoms with Crippen LogP contribution in [0.2, 0.25) is 5.02 Å². The fraction of sp³-hybridized carbons (Fsp3) is 0.125. The third-order valence-corrected chi connectivity index (χ3v) is 5.29. The van der Waals surface area contributed by atoms with E-state index >= 15 is 0 Å². The molecule has 0 bridgehead atoms. The van der Waals surface area contributed by atoms with Crippen LogP contribution >= 0.6 is 11.6 Å². The third-order valence-electron chi connectivity index (χ3n) is 5.03. The van der Waals surface area contributed by atoms with Crippen molar-refractivity contribution in [3.05, 3.63) is 122 Å². The summed E-state index contributed by atoms with van der Waals surface area (Å²) in [6.45, 7) is 0.00926. The molecule has 3 aromatic carbocycles. The van der Waals surface area contributed by atoms with Crippen molar-refractivity contribution in [3.63, 3.8) is 0 Å². The maximum atomic E-state index is 13.3. The Labute approximate surface area is 196 Å². The lowest BCUT2D eigenvalue weighted by Gasteiger charge is -2.16. The summed E-state index contributed by atoms with van der Waals surface area (Å²) in [5.74, 6) is -0.162. The molecular formula is C24H18ClF3N4O2. The monoisotopic (exact) mass is 486 g/mol. The van der Waals surface area contributed by atoms with Crippen LogP contribution in [0.1, 0.15) is 16.7 Å².